The molecule has 2 aliphatic heterocycles. The normalized spacial score (nSPS) is 17.6. The highest BCUT2D eigenvalue weighted by Gasteiger charge is 2.34. The van der Waals surface area contributed by atoms with Gasteiger partial charge >= 0.3 is 0 Å². The van der Waals surface area contributed by atoms with Crippen LogP contribution in [0.2, 0.25) is 0 Å². The molecule has 8 heteroatoms. The standard InChI is InChI=1S/C26H32N2O6/c1-6-27-7-9-28(10-8-27)15-18-19(29)11-16(2)23-24(30)20(34-25(18)23)12-17-13-21(31-3)26(33-5)22(14-17)32-4/h11-14,29H,6-10,15H2,1-5H3/b20-12+. The summed E-state index contributed by atoms with van der Waals surface area (Å²) in [5, 5.41) is 10.7. The molecule has 1 fully saturated rings. The molecule has 2 aromatic carbocycles. The molecule has 0 saturated carbocycles. The predicted molar refractivity (Wildman–Crippen MR) is 129 cm³/mol. The van der Waals surface area contributed by atoms with Gasteiger partial charge in [0.25, 0.3) is 0 Å². The zero-order chi connectivity index (χ0) is 24.4. The number of phenolic OH excluding ortho intramolecular Hbond substituents is 1. The van der Waals surface area contributed by atoms with Gasteiger partial charge in [-0.25, -0.2) is 0 Å². The van der Waals surface area contributed by atoms with Gasteiger partial charge in [0.05, 0.1) is 32.5 Å². The van der Waals surface area contributed by atoms with E-state index in [4.69, 9.17) is 18.9 Å². The maximum Gasteiger partial charge on any atom is 0.232 e. The van der Waals surface area contributed by atoms with Crippen molar-refractivity contribution in [3.8, 4) is 28.7 Å². The van der Waals surface area contributed by atoms with Crippen LogP contribution in [0.25, 0.3) is 6.08 Å². The van der Waals surface area contributed by atoms with Crippen molar-refractivity contribution in [3.05, 3.63) is 46.2 Å². The summed E-state index contributed by atoms with van der Waals surface area (Å²) in [7, 11) is 4.62. The summed E-state index contributed by atoms with van der Waals surface area (Å²) < 4.78 is 22.3. The highest BCUT2D eigenvalue weighted by Crippen LogP contribution is 2.43. The first-order valence-corrected chi connectivity index (χ1v) is 11.4. The minimum Gasteiger partial charge on any atom is -0.507 e. The molecule has 0 aromatic heterocycles. The number of likely N-dealkylation sites (N-methyl/N-ethyl adjacent to an activating group) is 1. The average molecular weight is 469 g/mol. The molecule has 1 saturated heterocycles. The van der Waals surface area contributed by atoms with Gasteiger partial charge in [-0.05, 0) is 48.9 Å². The van der Waals surface area contributed by atoms with E-state index < -0.39 is 0 Å². The van der Waals surface area contributed by atoms with Gasteiger partial charge in [0.15, 0.2) is 17.3 Å². The van der Waals surface area contributed by atoms with E-state index in [9.17, 15) is 9.90 Å². The Morgan fingerprint density at radius 2 is 1.62 bits per heavy atom. The van der Waals surface area contributed by atoms with Gasteiger partial charge < -0.3 is 29.0 Å². The van der Waals surface area contributed by atoms with Crippen molar-refractivity contribution in [2.24, 2.45) is 0 Å². The number of rotatable bonds is 7. The lowest BCUT2D eigenvalue weighted by atomic mass is 9.99. The van der Waals surface area contributed by atoms with E-state index in [1.165, 1.54) is 7.11 Å². The lowest BCUT2D eigenvalue weighted by molar-refractivity contribution is 0.101. The zero-order valence-corrected chi connectivity index (χ0v) is 20.4. The first-order valence-electron chi connectivity index (χ1n) is 11.4. The Morgan fingerprint density at radius 1 is 1.00 bits per heavy atom. The highest BCUT2D eigenvalue weighted by molar-refractivity contribution is 6.16. The molecule has 0 atom stereocenters. The Bertz CT molecular complexity index is 1090. The van der Waals surface area contributed by atoms with Crippen LogP contribution < -0.4 is 18.9 Å². The highest BCUT2D eigenvalue weighted by atomic mass is 16.5. The van der Waals surface area contributed by atoms with Gasteiger partial charge in [0.2, 0.25) is 11.5 Å². The van der Waals surface area contributed by atoms with Crippen LogP contribution >= 0.6 is 0 Å². The average Bonchev–Trinajstić information content (AvgIpc) is 3.17. The first-order chi connectivity index (χ1) is 16.4. The second kappa shape index (κ2) is 9.95. The number of benzene rings is 2. The largest absolute Gasteiger partial charge is 0.507 e. The number of methoxy groups -OCH3 is 3. The molecule has 34 heavy (non-hydrogen) atoms. The van der Waals surface area contributed by atoms with Crippen LogP contribution in [-0.4, -0.2) is 74.7 Å². The molecule has 0 amide bonds. The third-order valence-corrected chi connectivity index (χ3v) is 6.50. The van der Waals surface area contributed by atoms with E-state index in [-0.39, 0.29) is 17.3 Å². The molecule has 2 heterocycles. The summed E-state index contributed by atoms with van der Waals surface area (Å²) in [6.07, 6.45) is 1.66. The van der Waals surface area contributed by atoms with Crippen LogP contribution in [0.5, 0.6) is 28.7 Å². The van der Waals surface area contributed by atoms with Crippen LogP contribution in [0.15, 0.2) is 24.0 Å². The third kappa shape index (κ3) is 4.43. The summed E-state index contributed by atoms with van der Waals surface area (Å²) in [5.74, 6) is 2.01. The molecule has 2 aliphatic rings. The fraction of sp³-hybridized carbons (Fsp3) is 0.423. The smallest absolute Gasteiger partial charge is 0.232 e. The van der Waals surface area contributed by atoms with Gasteiger partial charge in [-0.2, -0.15) is 0 Å². The molecule has 0 radical (unpaired) electrons. The minimum atomic E-state index is -0.210. The number of hydrogen-bond acceptors (Lipinski definition) is 8. The zero-order valence-electron chi connectivity index (χ0n) is 20.4. The van der Waals surface area contributed by atoms with Gasteiger partial charge in [0, 0.05) is 32.7 Å². The number of piperazine rings is 1. The molecule has 0 spiro atoms. The molecule has 0 unspecified atom stereocenters. The summed E-state index contributed by atoms with van der Waals surface area (Å²) in [6.45, 7) is 9.30. The number of ether oxygens (including phenoxy) is 4. The lowest BCUT2D eigenvalue weighted by Crippen LogP contribution is -2.45. The Balaban J connectivity index is 1.67. The Labute approximate surface area is 200 Å². The molecular formula is C26H32N2O6. The lowest BCUT2D eigenvalue weighted by Gasteiger charge is -2.34. The molecule has 1 N–H and O–H groups in total. The van der Waals surface area contributed by atoms with Gasteiger partial charge in [-0.15, -0.1) is 0 Å². The molecule has 2 aromatic rings. The van der Waals surface area contributed by atoms with E-state index in [1.807, 2.05) is 6.92 Å². The number of hydrogen-bond donors (Lipinski definition) is 1. The van der Waals surface area contributed by atoms with Crippen molar-refractivity contribution in [1.82, 2.24) is 9.80 Å². The van der Waals surface area contributed by atoms with Crippen LogP contribution in [0.3, 0.4) is 0 Å². The number of aromatic hydroxyl groups is 1. The summed E-state index contributed by atoms with van der Waals surface area (Å²) in [4.78, 5) is 18.0. The molecular weight excluding hydrogens is 436 g/mol. The second-order valence-corrected chi connectivity index (χ2v) is 8.50. The van der Waals surface area contributed by atoms with Gasteiger partial charge in [0.1, 0.15) is 11.5 Å². The van der Waals surface area contributed by atoms with Crippen molar-refractivity contribution < 1.29 is 28.8 Å². The Morgan fingerprint density at radius 3 is 2.18 bits per heavy atom. The SMILES string of the molecule is CCN1CCN(Cc2c(O)cc(C)c3c2O/C(=C/c2cc(OC)c(OC)c(OC)c2)C3=O)CC1. The molecule has 0 aliphatic carbocycles. The van der Waals surface area contributed by atoms with Gasteiger partial charge in [-0.3, -0.25) is 9.69 Å². The predicted octanol–water partition coefficient (Wildman–Crippen LogP) is 3.48. The third-order valence-electron chi connectivity index (χ3n) is 6.50. The van der Waals surface area contributed by atoms with Crippen molar-refractivity contribution in [1.29, 1.82) is 0 Å². The summed E-state index contributed by atoms with van der Waals surface area (Å²) in [6, 6.07) is 5.17. The van der Waals surface area contributed by atoms with Crippen LogP contribution in [0.1, 0.15) is 34.0 Å². The van der Waals surface area contributed by atoms with E-state index in [0.29, 0.717) is 51.8 Å². The number of phenols is 1. The quantitative estimate of drug-likeness (QED) is 0.619. The Hall–Kier alpha value is -3.23. The molecule has 4 rings (SSSR count). The van der Waals surface area contributed by atoms with Crippen molar-refractivity contribution in [2.75, 3.05) is 54.1 Å². The topological polar surface area (TPSA) is 80.7 Å². The molecule has 182 valence electrons. The number of aryl methyl sites for hydroxylation is 1. The van der Waals surface area contributed by atoms with Crippen molar-refractivity contribution in [3.63, 3.8) is 0 Å². The maximum absolute atomic E-state index is 13.3. The molecule has 8 nitrogen and oxygen atoms in total. The summed E-state index contributed by atoms with van der Waals surface area (Å²) in [5.41, 5.74) is 2.50. The summed E-state index contributed by atoms with van der Waals surface area (Å²) >= 11 is 0. The fourth-order valence-electron chi connectivity index (χ4n) is 4.56. The van der Waals surface area contributed by atoms with Crippen LogP contribution in [0, 0.1) is 6.92 Å². The number of ketones is 1. The van der Waals surface area contributed by atoms with Crippen LogP contribution in [-0.2, 0) is 6.54 Å². The monoisotopic (exact) mass is 468 g/mol. The minimum absolute atomic E-state index is 0.149. The number of carbonyl (C=O) groups is 1. The number of Topliss-reactive ketones (excluding diaryl/α,β-unsaturated/α-hetero) is 1. The number of nitrogens with zero attached hydrogens (tertiary/aromatic N) is 2. The Kier molecular flexibility index (Phi) is 7.00. The second-order valence-electron chi connectivity index (χ2n) is 8.50. The van der Waals surface area contributed by atoms with Gasteiger partial charge in [-0.1, -0.05) is 6.92 Å². The number of carbonyl (C=O) groups excluding carboxylic acids is 1. The van der Waals surface area contributed by atoms with E-state index >= 15 is 0 Å². The number of allylic oxidation sites excluding steroid dienone is 1. The van der Waals surface area contributed by atoms with Crippen LogP contribution in [0.4, 0.5) is 0 Å². The van der Waals surface area contributed by atoms with Crippen molar-refractivity contribution >= 4 is 11.9 Å². The van der Waals surface area contributed by atoms with E-state index in [2.05, 4.69) is 16.7 Å². The maximum atomic E-state index is 13.3. The number of fused-ring (bicyclic) bond motifs is 1. The van der Waals surface area contributed by atoms with E-state index in [0.717, 1.165) is 32.7 Å². The van der Waals surface area contributed by atoms with Crippen molar-refractivity contribution in [2.45, 2.75) is 20.4 Å². The fourth-order valence-corrected chi connectivity index (χ4v) is 4.56. The first kappa shape index (κ1) is 23.9. The molecule has 0 bridgehead atoms. The van der Waals surface area contributed by atoms with E-state index in [1.54, 1.807) is 38.5 Å².